The molecule has 0 aliphatic carbocycles. The van der Waals surface area contributed by atoms with Crippen LogP contribution >= 0.6 is 22.9 Å². The lowest BCUT2D eigenvalue weighted by Gasteiger charge is -2.07. The van der Waals surface area contributed by atoms with Crippen LogP contribution in [0.1, 0.15) is 27.0 Å². The zero-order chi connectivity index (χ0) is 27.0. The number of aryl methyl sites for hydroxylation is 1. The number of anilines is 2. The van der Waals surface area contributed by atoms with Crippen molar-refractivity contribution in [2.75, 3.05) is 5.32 Å². The number of nitrogens with one attached hydrogen (secondary N) is 2. The van der Waals surface area contributed by atoms with Crippen LogP contribution in [0.25, 0.3) is 11.3 Å². The Hall–Kier alpha value is -4.46. The molecule has 194 valence electrons. The molecule has 0 saturated heterocycles. The summed E-state index contributed by atoms with van der Waals surface area (Å²) >= 11 is 7.45. The first kappa shape index (κ1) is 26.2. The first-order chi connectivity index (χ1) is 19.0. The minimum atomic E-state index is -0.298. The van der Waals surface area contributed by atoms with Gasteiger partial charge in [-0.15, -0.1) is 11.3 Å². The van der Waals surface area contributed by atoms with Crippen molar-refractivity contribution in [1.82, 2.24) is 10.4 Å². The topological polar surface area (TPSA) is 75.6 Å². The zero-order valence-electron chi connectivity index (χ0n) is 21.1. The molecule has 6 nitrogen and oxygen atoms in total. The molecule has 0 spiro atoms. The second kappa shape index (κ2) is 12.4. The van der Waals surface area contributed by atoms with Crippen molar-refractivity contribution in [3.63, 3.8) is 0 Å². The number of thiazole rings is 1. The molecule has 8 heteroatoms. The fraction of sp³-hybridized carbons (Fsp3) is 0.0645. The molecule has 0 saturated carbocycles. The number of hydrogen-bond donors (Lipinski definition) is 2. The van der Waals surface area contributed by atoms with Gasteiger partial charge in [-0.05, 0) is 66.6 Å². The van der Waals surface area contributed by atoms with E-state index in [0.29, 0.717) is 17.2 Å². The monoisotopic (exact) mass is 552 g/mol. The number of halogens is 1. The molecule has 39 heavy (non-hydrogen) atoms. The molecule has 0 atom stereocenters. The van der Waals surface area contributed by atoms with Gasteiger partial charge in [0.15, 0.2) is 5.13 Å². The van der Waals surface area contributed by atoms with E-state index in [4.69, 9.17) is 16.3 Å². The molecular formula is C31H25ClN4O2S. The minimum absolute atomic E-state index is 0.298. The summed E-state index contributed by atoms with van der Waals surface area (Å²) in [6, 6.07) is 30.5. The number of amides is 1. The molecule has 5 aromatic rings. The predicted octanol–water partition coefficient (Wildman–Crippen LogP) is 7.86. The molecular weight excluding hydrogens is 528 g/mol. The van der Waals surface area contributed by atoms with Crippen LogP contribution in [0, 0.1) is 6.92 Å². The van der Waals surface area contributed by atoms with Gasteiger partial charge < -0.3 is 10.1 Å². The molecule has 0 radical (unpaired) electrons. The summed E-state index contributed by atoms with van der Waals surface area (Å²) in [6.07, 6.45) is 1.59. The Morgan fingerprint density at radius 3 is 2.54 bits per heavy atom. The number of hydrogen-bond acceptors (Lipinski definition) is 6. The Kier molecular flexibility index (Phi) is 8.31. The Balaban J connectivity index is 1.14. The number of hydrazone groups is 1. The summed E-state index contributed by atoms with van der Waals surface area (Å²) in [5, 5.41) is 10.8. The van der Waals surface area contributed by atoms with E-state index >= 15 is 0 Å². The van der Waals surface area contributed by atoms with E-state index in [9.17, 15) is 4.79 Å². The second-order valence-electron chi connectivity index (χ2n) is 8.79. The third kappa shape index (κ3) is 7.31. The van der Waals surface area contributed by atoms with Crippen LogP contribution in [0.2, 0.25) is 5.02 Å². The van der Waals surface area contributed by atoms with E-state index in [1.807, 2.05) is 66.0 Å². The van der Waals surface area contributed by atoms with Crippen LogP contribution in [0.3, 0.4) is 0 Å². The molecule has 1 aromatic heterocycles. The Morgan fingerprint density at radius 1 is 1.00 bits per heavy atom. The molecule has 0 aliphatic heterocycles. The van der Waals surface area contributed by atoms with Crippen molar-refractivity contribution in [2.45, 2.75) is 13.5 Å². The van der Waals surface area contributed by atoms with Crippen molar-refractivity contribution in [2.24, 2.45) is 5.10 Å². The van der Waals surface area contributed by atoms with E-state index in [-0.39, 0.29) is 5.91 Å². The van der Waals surface area contributed by atoms with Crippen LogP contribution in [0.5, 0.6) is 5.75 Å². The summed E-state index contributed by atoms with van der Waals surface area (Å²) < 4.78 is 5.89. The molecule has 2 N–H and O–H groups in total. The standard InChI is InChI=1S/C31H25ClN4O2S/c1-21-5-7-22(8-6-21)19-38-28-4-2-3-23(17-28)18-33-36-30(37)25-11-9-24(10-12-25)29-20-39-31(35-29)34-27-15-13-26(32)14-16-27/h2-18,20H,19H2,1H3,(H,34,35)(H,36,37)/b33-18-. The van der Waals surface area contributed by atoms with E-state index in [1.165, 1.54) is 16.9 Å². The third-order valence-electron chi connectivity index (χ3n) is 5.81. The van der Waals surface area contributed by atoms with Gasteiger partial charge in [0.25, 0.3) is 5.91 Å². The lowest BCUT2D eigenvalue weighted by molar-refractivity contribution is 0.0955. The van der Waals surface area contributed by atoms with Gasteiger partial charge >= 0.3 is 0 Å². The Morgan fingerprint density at radius 2 is 1.77 bits per heavy atom. The lowest BCUT2D eigenvalue weighted by Crippen LogP contribution is -2.17. The second-order valence-corrected chi connectivity index (χ2v) is 10.1. The van der Waals surface area contributed by atoms with Crippen molar-refractivity contribution in [3.05, 3.63) is 130 Å². The number of benzene rings is 4. The van der Waals surface area contributed by atoms with Crippen LogP contribution in [-0.4, -0.2) is 17.1 Å². The zero-order valence-corrected chi connectivity index (χ0v) is 22.7. The lowest BCUT2D eigenvalue weighted by atomic mass is 10.1. The van der Waals surface area contributed by atoms with E-state index in [2.05, 4.69) is 52.0 Å². The number of ether oxygens (including phenoxy) is 1. The maximum absolute atomic E-state index is 12.6. The van der Waals surface area contributed by atoms with Gasteiger partial charge in [-0.25, -0.2) is 10.4 Å². The first-order valence-corrected chi connectivity index (χ1v) is 13.5. The summed E-state index contributed by atoms with van der Waals surface area (Å²) in [5.41, 5.74) is 8.87. The van der Waals surface area contributed by atoms with E-state index in [1.54, 1.807) is 18.3 Å². The molecule has 0 bridgehead atoms. The number of carbonyl (C=O) groups is 1. The fourth-order valence-corrected chi connectivity index (χ4v) is 4.54. The van der Waals surface area contributed by atoms with Crippen molar-refractivity contribution >= 4 is 45.9 Å². The normalized spacial score (nSPS) is 10.9. The van der Waals surface area contributed by atoms with Crippen LogP contribution < -0.4 is 15.5 Å². The molecule has 4 aromatic carbocycles. The van der Waals surface area contributed by atoms with E-state index < -0.39 is 0 Å². The number of carbonyl (C=O) groups excluding carboxylic acids is 1. The van der Waals surface area contributed by atoms with Crippen molar-refractivity contribution < 1.29 is 9.53 Å². The van der Waals surface area contributed by atoms with Crippen LogP contribution in [0.4, 0.5) is 10.8 Å². The van der Waals surface area contributed by atoms with Gasteiger partial charge in [0.2, 0.25) is 0 Å². The average Bonchev–Trinajstić information content (AvgIpc) is 3.43. The van der Waals surface area contributed by atoms with Gasteiger partial charge in [-0.2, -0.15) is 5.10 Å². The Labute approximate surface area is 236 Å². The Bertz CT molecular complexity index is 1580. The van der Waals surface area contributed by atoms with Crippen molar-refractivity contribution in [3.8, 4) is 17.0 Å². The highest BCUT2D eigenvalue weighted by Gasteiger charge is 2.08. The highest BCUT2D eigenvalue weighted by molar-refractivity contribution is 7.14. The number of rotatable bonds is 9. The SMILES string of the molecule is Cc1ccc(COc2cccc(/C=N\NC(=O)c3ccc(-c4csc(Nc5ccc(Cl)cc5)n4)cc3)c2)cc1. The van der Waals surface area contributed by atoms with Crippen LogP contribution in [-0.2, 0) is 6.61 Å². The summed E-state index contributed by atoms with van der Waals surface area (Å²) in [7, 11) is 0. The quantitative estimate of drug-likeness (QED) is 0.144. The van der Waals surface area contributed by atoms with Gasteiger partial charge in [-0.3, -0.25) is 4.79 Å². The van der Waals surface area contributed by atoms with Gasteiger partial charge in [0, 0.05) is 27.2 Å². The third-order valence-corrected chi connectivity index (χ3v) is 6.82. The molecule has 0 unspecified atom stereocenters. The maximum Gasteiger partial charge on any atom is 0.271 e. The summed E-state index contributed by atoms with van der Waals surface area (Å²) in [4.78, 5) is 17.2. The highest BCUT2D eigenvalue weighted by Crippen LogP contribution is 2.28. The summed E-state index contributed by atoms with van der Waals surface area (Å²) in [6.45, 7) is 2.54. The van der Waals surface area contributed by atoms with Crippen molar-refractivity contribution in [1.29, 1.82) is 0 Å². The first-order valence-electron chi connectivity index (χ1n) is 12.2. The minimum Gasteiger partial charge on any atom is -0.489 e. The molecule has 1 amide bonds. The maximum atomic E-state index is 12.6. The average molecular weight is 553 g/mol. The molecule has 1 heterocycles. The molecule has 5 rings (SSSR count). The number of aromatic nitrogens is 1. The van der Waals surface area contributed by atoms with Gasteiger partial charge in [0.05, 0.1) is 11.9 Å². The molecule has 0 aliphatic rings. The van der Waals surface area contributed by atoms with Gasteiger partial charge in [-0.1, -0.05) is 65.7 Å². The smallest absolute Gasteiger partial charge is 0.271 e. The largest absolute Gasteiger partial charge is 0.489 e. The fourth-order valence-electron chi connectivity index (χ4n) is 3.68. The molecule has 0 fully saturated rings. The highest BCUT2D eigenvalue weighted by atomic mass is 35.5. The van der Waals surface area contributed by atoms with E-state index in [0.717, 1.165) is 39.0 Å². The van der Waals surface area contributed by atoms with Crippen LogP contribution in [0.15, 0.2) is 108 Å². The summed E-state index contributed by atoms with van der Waals surface area (Å²) in [5.74, 6) is 0.433. The predicted molar refractivity (Wildman–Crippen MR) is 159 cm³/mol. The number of nitrogens with zero attached hydrogens (tertiary/aromatic N) is 2. The van der Waals surface area contributed by atoms with Gasteiger partial charge in [0.1, 0.15) is 12.4 Å².